The molecule has 0 aromatic carbocycles. The van der Waals surface area contributed by atoms with Gasteiger partial charge >= 0.3 is 0 Å². The van der Waals surface area contributed by atoms with Gasteiger partial charge < -0.3 is 9.67 Å². The van der Waals surface area contributed by atoms with Gasteiger partial charge in [-0.3, -0.25) is 0 Å². The Labute approximate surface area is 52.8 Å². The normalized spacial score (nSPS) is 8.89. The molecule has 0 spiro atoms. The van der Waals surface area contributed by atoms with E-state index in [-0.39, 0.29) is 5.75 Å². The van der Waals surface area contributed by atoms with E-state index in [1.807, 2.05) is 6.07 Å². The Morgan fingerprint density at radius 1 is 1.78 bits per heavy atom. The van der Waals surface area contributed by atoms with Crippen LogP contribution in [0.3, 0.4) is 0 Å². The first kappa shape index (κ1) is 5.70. The van der Waals surface area contributed by atoms with Crippen molar-refractivity contribution in [2.24, 2.45) is 7.05 Å². The van der Waals surface area contributed by atoms with Crippen LogP contribution in [-0.4, -0.2) is 9.67 Å². The second-order valence-corrected chi connectivity index (χ2v) is 1.77. The molecule has 0 saturated heterocycles. The smallest absolute Gasteiger partial charge is 0.162 e. The molecule has 0 radical (unpaired) electrons. The zero-order valence-corrected chi connectivity index (χ0v) is 5.00. The van der Waals surface area contributed by atoms with Gasteiger partial charge in [0.2, 0.25) is 0 Å². The summed E-state index contributed by atoms with van der Waals surface area (Å²) in [4.78, 5) is 0. The molecule has 0 aliphatic rings. The van der Waals surface area contributed by atoms with E-state index in [4.69, 9.17) is 10.4 Å². The summed E-state index contributed by atoms with van der Waals surface area (Å²) in [6.45, 7) is 0. The van der Waals surface area contributed by atoms with Crippen molar-refractivity contribution in [2.75, 3.05) is 0 Å². The first-order valence-corrected chi connectivity index (χ1v) is 2.50. The van der Waals surface area contributed by atoms with Crippen LogP contribution in [0.5, 0.6) is 5.75 Å². The molecule has 0 atom stereocenters. The second kappa shape index (κ2) is 1.82. The molecule has 0 aliphatic heterocycles. The molecule has 0 unspecified atom stereocenters. The van der Waals surface area contributed by atoms with E-state index in [2.05, 4.69) is 0 Å². The fourth-order valence-electron chi connectivity index (χ4n) is 0.653. The van der Waals surface area contributed by atoms with Gasteiger partial charge in [0.15, 0.2) is 11.4 Å². The highest BCUT2D eigenvalue weighted by atomic mass is 16.3. The molecule has 0 bridgehead atoms. The molecule has 1 N–H and O–H groups in total. The second-order valence-electron chi connectivity index (χ2n) is 1.77. The maximum atomic E-state index is 8.89. The lowest BCUT2D eigenvalue weighted by Gasteiger charge is -1.89. The molecule has 1 rings (SSSR count). The maximum Gasteiger partial charge on any atom is 0.162 e. The summed E-state index contributed by atoms with van der Waals surface area (Å²) in [6.07, 6.45) is 1.63. The Morgan fingerprint density at radius 3 is 2.67 bits per heavy atom. The van der Waals surface area contributed by atoms with Crippen molar-refractivity contribution in [1.29, 1.82) is 5.26 Å². The molecular formula is C6H6N2O. The van der Waals surface area contributed by atoms with Crippen LogP contribution in [0.15, 0.2) is 12.3 Å². The van der Waals surface area contributed by atoms with Crippen LogP contribution in [0.25, 0.3) is 0 Å². The van der Waals surface area contributed by atoms with Crippen LogP contribution < -0.4 is 0 Å². The van der Waals surface area contributed by atoms with Gasteiger partial charge in [-0.2, -0.15) is 5.26 Å². The van der Waals surface area contributed by atoms with Gasteiger partial charge in [0.25, 0.3) is 0 Å². The summed E-state index contributed by atoms with van der Waals surface area (Å²) in [7, 11) is 1.71. The average Bonchev–Trinajstić information content (AvgIpc) is 2.12. The van der Waals surface area contributed by atoms with Gasteiger partial charge in [0, 0.05) is 13.2 Å². The number of hydrogen-bond donors (Lipinski definition) is 1. The van der Waals surface area contributed by atoms with Gasteiger partial charge in [-0.1, -0.05) is 0 Å². The molecule has 0 amide bonds. The third kappa shape index (κ3) is 0.745. The van der Waals surface area contributed by atoms with Gasteiger partial charge in [-0.05, 0) is 6.07 Å². The number of aromatic hydroxyl groups is 1. The molecule has 0 aliphatic carbocycles. The van der Waals surface area contributed by atoms with Crippen molar-refractivity contribution in [2.45, 2.75) is 0 Å². The van der Waals surface area contributed by atoms with Crippen LogP contribution >= 0.6 is 0 Å². The lowest BCUT2D eigenvalue weighted by atomic mass is 10.4. The summed E-state index contributed by atoms with van der Waals surface area (Å²) >= 11 is 0. The predicted molar refractivity (Wildman–Crippen MR) is 31.8 cm³/mol. The van der Waals surface area contributed by atoms with E-state index in [0.29, 0.717) is 5.69 Å². The van der Waals surface area contributed by atoms with Gasteiger partial charge in [0.05, 0.1) is 0 Å². The van der Waals surface area contributed by atoms with E-state index in [1.165, 1.54) is 6.07 Å². The molecular weight excluding hydrogens is 116 g/mol. The highest BCUT2D eigenvalue weighted by Crippen LogP contribution is 2.14. The Hall–Kier alpha value is -1.43. The van der Waals surface area contributed by atoms with Gasteiger partial charge in [0.1, 0.15) is 6.07 Å². The van der Waals surface area contributed by atoms with Crippen LogP contribution in [0.2, 0.25) is 0 Å². The molecule has 0 saturated carbocycles. The number of aromatic nitrogens is 1. The quantitative estimate of drug-likeness (QED) is 0.547. The summed E-state index contributed by atoms with van der Waals surface area (Å²) in [5.41, 5.74) is 0.301. The van der Waals surface area contributed by atoms with Crippen molar-refractivity contribution in [1.82, 2.24) is 4.57 Å². The van der Waals surface area contributed by atoms with Crippen LogP contribution in [-0.2, 0) is 7.05 Å². The molecule has 1 aromatic rings. The summed E-state index contributed by atoms with van der Waals surface area (Å²) in [5, 5.41) is 17.2. The SMILES string of the molecule is Cn1ccc(O)c1C#N. The van der Waals surface area contributed by atoms with E-state index in [0.717, 1.165) is 0 Å². The van der Waals surface area contributed by atoms with E-state index < -0.39 is 0 Å². The third-order valence-electron chi connectivity index (χ3n) is 1.16. The minimum atomic E-state index is 0.0417. The van der Waals surface area contributed by atoms with E-state index in [9.17, 15) is 0 Å². The van der Waals surface area contributed by atoms with Gasteiger partial charge in [-0.15, -0.1) is 0 Å². The third-order valence-corrected chi connectivity index (χ3v) is 1.16. The standard InChI is InChI=1S/C6H6N2O/c1-8-3-2-6(9)5(8)4-7/h2-3,9H,1H3. The molecule has 1 heterocycles. The summed E-state index contributed by atoms with van der Waals surface area (Å²) < 4.78 is 1.56. The van der Waals surface area contributed by atoms with Gasteiger partial charge in [-0.25, -0.2) is 0 Å². The predicted octanol–water partition coefficient (Wildman–Crippen LogP) is 0.602. The molecule has 1 aromatic heterocycles. The topological polar surface area (TPSA) is 49.0 Å². The van der Waals surface area contributed by atoms with Crippen molar-refractivity contribution in [3.8, 4) is 11.8 Å². The number of aryl methyl sites for hydroxylation is 1. The maximum absolute atomic E-state index is 8.89. The fourth-order valence-corrected chi connectivity index (χ4v) is 0.653. The minimum Gasteiger partial charge on any atom is -0.505 e. The zero-order valence-electron chi connectivity index (χ0n) is 5.00. The Bertz CT molecular complexity index is 237. The lowest BCUT2D eigenvalue weighted by molar-refractivity contribution is 0.472. The van der Waals surface area contributed by atoms with Crippen LogP contribution in [0.1, 0.15) is 5.69 Å². The van der Waals surface area contributed by atoms with E-state index >= 15 is 0 Å². The van der Waals surface area contributed by atoms with Crippen molar-refractivity contribution in [3.05, 3.63) is 18.0 Å². The highest BCUT2D eigenvalue weighted by Gasteiger charge is 2.01. The molecule has 46 valence electrons. The van der Waals surface area contributed by atoms with Crippen molar-refractivity contribution in [3.63, 3.8) is 0 Å². The Kier molecular flexibility index (Phi) is 1.16. The summed E-state index contributed by atoms with van der Waals surface area (Å²) in [5.74, 6) is 0.0417. The number of nitrogens with zero attached hydrogens (tertiary/aromatic N) is 2. The number of hydrogen-bond acceptors (Lipinski definition) is 2. The van der Waals surface area contributed by atoms with Crippen LogP contribution in [0, 0.1) is 11.3 Å². The Morgan fingerprint density at radius 2 is 2.44 bits per heavy atom. The highest BCUT2D eigenvalue weighted by molar-refractivity contribution is 5.37. The first-order chi connectivity index (χ1) is 4.25. The molecule has 3 nitrogen and oxygen atoms in total. The van der Waals surface area contributed by atoms with Crippen molar-refractivity contribution < 1.29 is 5.11 Å². The van der Waals surface area contributed by atoms with Crippen molar-refractivity contribution >= 4 is 0 Å². The molecule has 3 heteroatoms. The minimum absolute atomic E-state index is 0.0417. The largest absolute Gasteiger partial charge is 0.505 e. The van der Waals surface area contributed by atoms with Crippen LogP contribution in [0.4, 0.5) is 0 Å². The zero-order chi connectivity index (χ0) is 6.85. The molecule has 9 heavy (non-hydrogen) atoms. The number of rotatable bonds is 0. The monoisotopic (exact) mass is 122 g/mol. The molecule has 0 fully saturated rings. The first-order valence-electron chi connectivity index (χ1n) is 2.50. The lowest BCUT2D eigenvalue weighted by Crippen LogP contribution is -1.87. The van der Waals surface area contributed by atoms with E-state index in [1.54, 1.807) is 17.8 Å². The number of nitriles is 1. The Balaban J connectivity index is 3.27. The average molecular weight is 122 g/mol. The fraction of sp³-hybridized carbons (Fsp3) is 0.167. The summed E-state index contributed by atoms with van der Waals surface area (Å²) in [6, 6.07) is 3.34.